The number of hydrogen-bond acceptors (Lipinski definition) is 3. The topological polar surface area (TPSA) is 69.6 Å². The van der Waals surface area contributed by atoms with Crippen molar-refractivity contribution in [1.82, 2.24) is 5.32 Å². The van der Waals surface area contributed by atoms with Crippen LogP contribution in [0.25, 0.3) is 0 Å². The standard InChI is InChI=1S/C15H20BrNO3/c16-8-10-3-1-2-4-11(10)9-17-15(20)12-5-13(18)7-14(19)6-12/h5-7,10-11,18-19H,1-4,8-9H2,(H,17,20). The maximum absolute atomic E-state index is 12.0. The first-order chi connectivity index (χ1) is 9.60. The lowest BCUT2D eigenvalue weighted by atomic mass is 9.80. The van der Waals surface area contributed by atoms with Crippen LogP contribution in [0.15, 0.2) is 18.2 Å². The Labute approximate surface area is 127 Å². The predicted octanol–water partition coefficient (Wildman–Crippen LogP) is 3.03. The Morgan fingerprint density at radius 3 is 2.35 bits per heavy atom. The average Bonchev–Trinajstić information content (AvgIpc) is 2.44. The van der Waals surface area contributed by atoms with E-state index in [-0.39, 0.29) is 23.0 Å². The minimum Gasteiger partial charge on any atom is -0.508 e. The number of carbonyl (C=O) groups is 1. The second kappa shape index (κ2) is 6.97. The van der Waals surface area contributed by atoms with E-state index in [1.54, 1.807) is 0 Å². The number of aromatic hydroxyl groups is 2. The molecule has 0 radical (unpaired) electrons. The van der Waals surface area contributed by atoms with Crippen LogP contribution in [0.5, 0.6) is 11.5 Å². The van der Waals surface area contributed by atoms with Crippen LogP contribution >= 0.6 is 15.9 Å². The van der Waals surface area contributed by atoms with Crippen LogP contribution in [0.2, 0.25) is 0 Å². The van der Waals surface area contributed by atoms with E-state index in [0.717, 1.165) is 11.8 Å². The normalized spacial score (nSPS) is 22.4. The van der Waals surface area contributed by atoms with Gasteiger partial charge in [-0.1, -0.05) is 28.8 Å². The molecule has 5 heteroatoms. The van der Waals surface area contributed by atoms with E-state index in [1.165, 1.54) is 37.5 Å². The molecular weight excluding hydrogens is 322 g/mol. The number of nitrogens with one attached hydrogen (secondary N) is 1. The molecule has 1 aliphatic rings. The van der Waals surface area contributed by atoms with E-state index < -0.39 is 0 Å². The SMILES string of the molecule is O=C(NCC1CCCCC1CBr)c1cc(O)cc(O)c1. The summed E-state index contributed by atoms with van der Waals surface area (Å²) < 4.78 is 0. The second-order valence-electron chi connectivity index (χ2n) is 5.41. The minimum atomic E-state index is -0.255. The van der Waals surface area contributed by atoms with Gasteiger partial charge in [-0.3, -0.25) is 4.79 Å². The lowest BCUT2D eigenvalue weighted by molar-refractivity contribution is 0.0936. The molecule has 1 fully saturated rings. The summed E-state index contributed by atoms with van der Waals surface area (Å²) in [5.74, 6) is 0.645. The van der Waals surface area contributed by atoms with Gasteiger partial charge in [-0.25, -0.2) is 0 Å². The first kappa shape index (κ1) is 15.2. The molecule has 1 aromatic carbocycles. The molecule has 1 amide bonds. The lowest BCUT2D eigenvalue weighted by Gasteiger charge is -2.30. The van der Waals surface area contributed by atoms with E-state index in [2.05, 4.69) is 21.2 Å². The van der Waals surface area contributed by atoms with Gasteiger partial charge in [-0.2, -0.15) is 0 Å². The van der Waals surface area contributed by atoms with Crippen LogP contribution in [-0.2, 0) is 0 Å². The van der Waals surface area contributed by atoms with Gasteiger partial charge in [0.25, 0.3) is 5.91 Å². The third-order valence-electron chi connectivity index (χ3n) is 3.95. The van der Waals surface area contributed by atoms with Gasteiger partial charge >= 0.3 is 0 Å². The number of phenolic OH excluding ortho intramolecular Hbond substituents is 2. The number of rotatable bonds is 4. The highest BCUT2D eigenvalue weighted by Gasteiger charge is 2.24. The van der Waals surface area contributed by atoms with E-state index >= 15 is 0 Å². The first-order valence-electron chi connectivity index (χ1n) is 6.97. The number of halogens is 1. The van der Waals surface area contributed by atoms with E-state index in [4.69, 9.17) is 0 Å². The molecule has 0 saturated heterocycles. The summed E-state index contributed by atoms with van der Waals surface area (Å²) in [6.45, 7) is 0.644. The molecule has 1 aliphatic carbocycles. The Balaban J connectivity index is 1.94. The maximum atomic E-state index is 12.0. The Morgan fingerprint density at radius 1 is 1.15 bits per heavy atom. The molecule has 1 saturated carbocycles. The summed E-state index contributed by atoms with van der Waals surface area (Å²) in [5, 5.41) is 22.7. The zero-order valence-electron chi connectivity index (χ0n) is 11.3. The van der Waals surface area contributed by atoms with Gasteiger partial charge in [-0.05, 0) is 36.8 Å². The molecule has 2 rings (SSSR count). The number of alkyl halides is 1. The van der Waals surface area contributed by atoms with Crippen LogP contribution < -0.4 is 5.32 Å². The molecule has 0 aromatic heterocycles. The van der Waals surface area contributed by atoms with Crippen molar-refractivity contribution in [2.24, 2.45) is 11.8 Å². The van der Waals surface area contributed by atoms with Crippen molar-refractivity contribution in [2.45, 2.75) is 25.7 Å². The first-order valence-corrected chi connectivity index (χ1v) is 8.09. The fourth-order valence-electron chi connectivity index (χ4n) is 2.81. The highest BCUT2D eigenvalue weighted by molar-refractivity contribution is 9.09. The third-order valence-corrected chi connectivity index (χ3v) is 4.79. The molecular formula is C15H20BrNO3. The molecule has 0 spiro atoms. The molecule has 2 unspecified atom stereocenters. The van der Waals surface area contributed by atoms with Crippen molar-refractivity contribution < 1.29 is 15.0 Å². The smallest absolute Gasteiger partial charge is 0.251 e. The van der Waals surface area contributed by atoms with Crippen LogP contribution in [-0.4, -0.2) is 28.0 Å². The van der Waals surface area contributed by atoms with Crippen molar-refractivity contribution in [2.75, 3.05) is 11.9 Å². The van der Waals surface area contributed by atoms with E-state index in [9.17, 15) is 15.0 Å². The summed E-state index contributed by atoms with van der Waals surface area (Å²) >= 11 is 3.54. The zero-order chi connectivity index (χ0) is 14.5. The summed E-state index contributed by atoms with van der Waals surface area (Å²) in [6, 6.07) is 3.93. The van der Waals surface area contributed by atoms with Crippen molar-refractivity contribution in [3.8, 4) is 11.5 Å². The van der Waals surface area contributed by atoms with E-state index in [0.29, 0.717) is 18.4 Å². The van der Waals surface area contributed by atoms with Gasteiger partial charge in [-0.15, -0.1) is 0 Å². The van der Waals surface area contributed by atoms with Crippen molar-refractivity contribution in [3.63, 3.8) is 0 Å². The summed E-state index contributed by atoms with van der Waals surface area (Å²) in [4.78, 5) is 12.0. The quantitative estimate of drug-likeness (QED) is 0.737. The number of phenols is 2. The lowest BCUT2D eigenvalue weighted by Crippen LogP contribution is -2.34. The van der Waals surface area contributed by atoms with Gasteiger partial charge in [0.05, 0.1) is 0 Å². The van der Waals surface area contributed by atoms with Crippen LogP contribution in [0.1, 0.15) is 36.0 Å². The fourth-order valence-corrected chi connectivity index (χ4v) is 3.66. The molecule has 20 heavy (non-hydrogen) atoms. The summed E-state index contributed by atoms with van der Waals surface area (Å²) in [6.07, 6.45) is 4.83. The summed E-state index contributed by atoms with van der Waals surface area (Å²) in [7, 11) is 0. The number of amides is 1. The summed E-state index contributed by atoms with van der Waals surface area (Å²) in [5.41, 5.74) is 0.286. The van der Waals surface area contributed by atoms with Gasteiger partial charge in [0.2, 0.25) is 0 Å². The second-order valence-corrected chi connectivity index (χ2v) is 6.05. The minimum absolute atomic E-state index is 0.105. The molecule has 0 bridgehead atoms. The Kier molecular flexibility index (Phi) is 5.29. The molecule has 3 N–H and O–H groups in total. The third kappa shape index (κ3) is 3.88. The Bertz CT molecular complexity index is 458. The number of hydrogen-bond donors (Lipinski definition) is 3. The Morgan fingerprint density at radius 2 is 1.75 bits per heavy atom. The van der Waals surface area contributed by atoms with Crippen LogP contribution in [0, 0.1) is 11.8 Å². The molecule has 0 aliphatic heterocycles. The van der Waals surface area contributed by atoms with Gasteiger partial charge in [0.1, 0.15) is 11.5 Å². The van der Waals surface area contributed by atoms with Crippen molar-refractivity contribution in [1.29, 1.82) is 0 Å². The van der Waals surface area contributed by atoms with E-state index in [1.807, 2.05) is 0 Å². The largest absolute Gasteiger partial charge is 0.508 e. The maximum Gasteiger partial charge on any atom is 0.251 e. The van der Waals surface area contributed by atoms with Gasteiger partial charge < -0.3 is 15.5 Å². The number of carbonyl (C=O) groups excluding carboxylic acids is 1. The van der Waals surface area contributed by atoms with Crippen LogP contribution in [0.3, 0.4) is 0 Å². The monoisotopic (exact) mass is 341 g/mol. The fraction of sp³-hybridized carbons (Fsp3) is 0.533. The molecule has 2 atom stereocenters. The molecule has 1 aromatic rings. The molecule has 0 heterocycles. The average molecular weight is 342 g/mol. The highest BCUT2D eigenvalue weighted by Crippen LogP contribution is 2.31. The van der Waals surface area contributed by atoms with Gasteiger partial charge in [0, 0.05) is 23.5 Å². The predicted molar refractivity (Wildman–Crippen MR) is 81.3 cm³/mol. The van der Waals surface area contributed by atoms with Crippen molar-refractivity contribution >= 4 is 21.8 Å². The molecule has 110 valence electrons. The number of benzene rings is 1. The van der Waals surface area contributed by atoms with Crippen molar-refractivity contribution in [3.05, 3.63) is 23.8 Å². The zero-order valence-corrected chi connectivity index (χ0v) is 12.9. The highest BCUT2D eigenvalue weighted by atomic mass is 79.9. The molecule has 4 nitrogen and oxygen atoms in total. The van der Waals surface area contributed by atoms with Crippen LogP contribution in [0.4, 0.5) is 0 Å². The van der Waals surface area contributed by atoms with Gasteiger partial charge in [0.15, 0.2) is 0 Å². The Hall–Kier alpha value is -1.23.